The van der Waals surface area contributed by atoms with E-state index in [1.165, 1.54) is 45.7 Å². The maximum Gasteiger partial charge on any atom is 0.380 e. The summed E-state index contributed by atoms with van der Waals surface area (Å²) < 4.78 is 96.1. The van der Waals surface area contributed by atoms with Crippen molar-refractivity contribution in [3.63, 3.8) is 0 Å². The molecule has 0 saturated heterocycles. The van der Waals surface area contributed by atoms with Crippen LogP contribution in [-0.4, -0.2) is 34.7 Å². The van der Waals surface area contributed by atoms with Gasteiger partial charge in [-0.1, -0.05) is 12.1 Å². The van der Waals surface area contributed by atoms with Gasteiger partial charge in [-0.2, -0.15) is 31.4 Å². The van der Waals surface area contributed by atoms with E-state index in [1.807, 2.05) is 0 Å². The maximum absolute atomic E-state index is 15.2. The highest BCUT2D eigenvalue weighted by Crippen LogP contribution is 2.65. The van der Waals surface area contributed by atoms with Gasteiger partial charge in [0.1, 0.15) is 5.75 Å². The Bertz CT molecular complexity index is 1290. The smallest absolute Gasteiger partial charge is 0.380 e. The van der Waals surface area contributed by atoms with Crippen molar-refractivity contribution in [3.8, 4) is 16.2 Å². The van der Waals surface area contributed by atoms with Crippen LogP contribution in [0.15, 0.2) is 30.3 Å². The van der Waals surface area contributed by atoms with E-state index in [2.05, 4.69) is 5.10 Å². The van der Waals surface area contributed by atoms with Gasteiger partial charge in [0, 0.05) is 39.2 Å². The fraction of sp³-hybridized carbons (Fsp3) is 0.348. The molecule has 176 valence electrons. The molecule has 0 unspecified atom stereocenters. The number of thiophene rings is 1. The average Bonchev–Trinajstić information content (AvgIpc) is 3.27. The van der Waals surface area contributed by atoms with Crippen molar-refractivity contribution in [1.29, 1.82) is 0 Å². The van der Waals surface area contributed by atoms with Gasteiger partial charge in [-0.05, 0) is 50.1 Å². The number of aromatic nitrogens is 2. The zero-order valence-electron chi connectivity index (χ0n) is 18.4. The van der Waals surface area contributed by atoms with E-state index < -0.39 is 28.9 Å². The largest absolute Gasteiger partial charge is 0.497 e. The first-order valence-corrected chi connectivity index (χ1v) is 10.7. The quantitative estimate of drug-likeness (QED) is 0.375. The van der Waals surface area contributed by atoms with E-state index in [0.29, 0.717) is 16.2 Å². The number of alkyl halides is 6. The molecule has 2 heterocycles. The molecule has 0 amide bonds. The number of hydrogen-bond donors (Lipinski definition) is 0. The van der Waals surface area contributed by atoms with Crippen LogP contribution in [0, 0.1) is 20.8 Å². The zero-order valence-corrected chi connectivity index (χ0v) is 19.2. The standard InChI is InChI=1S/C23H20F6N2OS/c1-11-18(12(2)31(4)30-11)20-19(21(24,25)23(28,29)22(20,26)27)16-10-17(33-13(16)3)14-7-6-8-15(9-14)32-5/h6-10H,1-5H3. The van der Waals surface area contributed by atoms with Crippen molar-refractivity contribution in [1.82, 2.24) is 9.78 Å². The first-order valence-electron chi connectivity index (χ1n) is 9.90. The molecule has 1 aliphatic rings. The Kier molecular flexibility index (Phi) is 5.23. The Morgan fingerprint density at radius 3 is 2.15 bits per heavy atom. The molecular formula is C23H20F6N2OS. The second-order valence-electron chi connectivity index (χ2n) is 7.96. The third-order valence-corrected chi connectivity index (χ3v) is 7.07. The molecular weight excluding hydrogens is 466 g/mol. The van der Waals surface area contributed by atoms with Crippen LogP contribution in [0.3, 0.4) is 0 Å². The summed E-state index contributed by atoms with van der Waals surface area (Å²) in [6.07, 6.45) is 0. The van der Waals surface area contributed by atoms with Crippen LogP contribution in [-0.2, 0) is 7.05 Å². The van der Waals surface area contributed by atoms with Crippen LogP contribution in [0.4, 0.5) is 26.3 Å². The summed E-state index contributed by atoms with van der Waals surface area (Å²) >= 11 is 1.05. The summed E-state index contributed by atoms with van der Waals surface area (Å²) in [5.74, 6) is -15.3. The second-order valence-corrected chi connectivity index (χ2v) is 9.21. The molecule has 0 fully saturated rings. The van der Waals surface area contributed by atoms with Gasteiger partial charge < -0.3 is 4.74 Å². The third-order valence-electron chi connectivity index (χ3n) is 5.97. The summed E-state index contributed by atoms with van der Waals surface area (Å²) in [5.41, 5.74) is -2.81. The Hall–Kier alpha value is -2.75. The molecule has 3 aromatic rings. The van der Waals surface area contributed by atoms with Crippen molar-refractivity contribution < 1.29 is 31.1 Å². The predicted molar refractivity (Wildman–Crippen MR) is 115 cm³/mol. The number of nitrogens with zero attached hydrogens (tertiary/aromatic N) is 2. The Balaban J connectivity index is 2.05. The molecule has 0 N–H and O–H groups in total. The molecule has 33 heavy (non-hydrogen) atoms. The van der Waals surface area contributed by atoms with Gasteiger partial charge in [-0.15, -0.1) is 11.3 Å². The minimum absolute atomic E-state index is 0.0309. The average molecular weight is 486 g/mol. The number of benzene rings is 1. The number of rotatable bonds is 4. The summed E-state index contributed by atoms with van der Waals surface area (Å²) in [6, 6.07) is 7.97. The lowest BCUT2D eigenvalue weighted by Gasteiger charge is -2.25. The number of allylic oxidation sites excluding steroid dienone is 2. The van der Waals surface area contributed by atoms with Gasteiger partial charge in [0.05, 0.1) is 12.8 Å². The van der Waals surface area contributed by atoms with Crippen molar-refractivity contribution >= 4 is 22.5 Å². The molecule has 3 nitrogen and oxygen atoms in total. The summed E-state index contributed by atoms with van der Waals surface area (Å²) in [4.78, 5) is 0.676. The van der Waals surface area contributed by atoms with Crippen molar-refractivity contribution in [2.45, 2.75) is 38.5 Å². The molecule has 0 bridgehead atoms. The first-order chi connectivity index (χ1) is 15.3. The summed E-state index contributed by atoms with van der Waals surface area (Å²) in [6.45, 7) is 4.16. The zero-order chi connectivity index (χ0) is 24.5. The van der Waals surface area contributed by atoms with Gasteiger partial charge in [0.15, 0.2) is 0 Å². The molecule has 0 aliphatic heterocycles. The first kappa shape index (κ1) is 23.4. The summed E-state index contributed by atoms with van der Waals surface area (Å²) in [5, 5.41) is 3.99. The van der Waals surface area contributed by atoms with Crippen LogP contribution < -0.4 is 4.74 Å². The SMILES string of the molecule is COc1cccc(-c2cc(C3=C(c4c(C)nn(C)c4C)C(F)(F)C(F)(F)C3(F)F)c(C)s2)c1. The highest BCUT2D eigenvalue weighted by atomic mass is 32.1. The fourth-order valence-electron chi connectivity index (χ4n) is 4.20. The second kappa shape index (κ2) is 7.38. The van der Waals surface area contributed by atoms with Crippen LogP contribution in [0.5, 0.6) is 5.75 Å². The Labute approximate surface area is 190 Å². The van der Waals surface area contributed by atoms with E-state index in [1.54, 1.807) is 24.3 Å². The normalized spacial score (nSPS) is 18.8. The maximum atomic E-state index is 15.2. The molecule has 0 radical (unpaired) electrons. The minimum atomic E-state index is -5.61. The Morgan fingerprint density at radius 2 is 1.58 bits per heavy atom. The van der Waals surface area contributed by atoms with Crippen molar-refractivity contribution in [3.05, 3.63) is 57.7 Å². The number of aryl methyl sites for hydroxylation is 3. The monoisotopic (exact) mass is 486 g/mol. The van der Waals surface area contributed by atoms with Gasteiger partial charge in [-0.3, -0.25) is 4.68 Å². The fourth-order valence-corrected chi connectivity index (χ4v) is 5.22. The molecule has 0 saturated carbocycles. The Morgan fingerprint density at radius 1 is 0.939 bits per heavy atom. The van der Waals surface area contributed by atoms with Gasteiger partial charge in [0.25, 0.3) is 0 Å². The summed E-state index contributed by atoms with van der Waals surface area (Å²) in [7, 11) is 2.90. The van der Waals surface area contributed by atoms with Gasteiger partial charge in [0.2, 0.25) is 0 Å². The number of methoxy groups -OCH3 is 1. The van der Waals surface area contributed by atoms with E-state index in [-0.39, 0.29) is 27.4 Å². The molecule has 1 aliphatic carbocycles. The van der Waals surface area contributed by atoms with Crippen molar-refractivity contribution in [2.75, 3.05) is 7.11 Å². The molecule has 1 aromatic carbocycles. The highest BCUT2D eigenvalue weighted by molar-refractivity contribution is 7.15. The van der Waals surface area contributed by atoms with Crippen molar-refractivity contribution in [2.24, 2.45) is 7.05 Å². The predicted octanol–water partition coefficient (Wildman–Crippen LogP) is 6.91. The number of halogens is 6. The molecule has 4 rings (SSSR count). The van der Waals surface area contributed by atoms with E-state index in [0.717, 1.165) is 11.3 Å². The van der Waals surface area contributed by atoms with E-state index >= 15 is 17.6 Å². The highest BCUT2D eigenvalue weighted by Gasteiger charge is 2.80. The lowest BCUT2D eigenvalue weighted by atomic mass is 9.93. The molecule has 2 aromatic heterocycles. The molecule has 0 spiro atoms. The molecule has 0 atom stereocenters. The van der Waals surface area contributed by atoms with Crippen LogP contribution >= 0.6 is 11.3 Å². The van der Waals surface area contributed by atoms with Crippen LogP contribution in [0.2, 0.25) is 0 Å². The minimum Gasteiger partial charge on any atom is -0.497 e. The van der Waals surface area contributed by atoms with E-state index in [9.17, 15) is 8.78 Å². The van der Waals surface area contributed by atoms with Gasteiger partial charge in [-0.25, -0.2) is 0 Å². The van der Waals surface area contributed by atoms with Crippen LogP contribution in [0.25, 0.3) is 21.6 Å². The topological polar surface area (TPSA) is 27.1 Å². The van der Waals surface area contributed by atoms with E-state index in [4.69, 9.17) is 4.74 Å². The third kappa shape index (κ3) is 3.13. The number of hydrogen-bond acceptors (Lipinski definition) is 3. The van der Waals surface area contributed by atoms with Gasteiger partial charge >= 0.3 is 17.8 Å². The van der Waals surface area contributed by atoms with Crippen LogP contribution in [0.1, 0.15) is 27.4 Å². The number of ether oxygens (including phenoxy) is 1. The lowest BCUT2D eigenvalue weighted by Crippen LogP contribution is -2.49. The molecule has 10 heteroatoms. The lowest BCUT2D eigenvalue weighted by molar-refractivity contribution is -0.254.